The molecule has 0 radical (unpaired) electrons. The zero-order valence-corrected chi connectivity index (χ0v) is 23.0. The van der Waals surface area contributed by atoms with E-state index in [0.717, 1.165) is 12.8 Å². The van der Waals surface area contributed by atoms with E-state index in [1.165, 1.54) is 26.1 Å². The van der Waals surface area contributed by atoms with Crippen molar-refractivity contribution in [2.75, 3.05) is 46.6 Å². The van der Waals surface area contributed by atoms with Crippen LogP contribution in [0.5, 0.6) is 0 Å². The first-order valence-corrected chi connectivity index (χ1v) is 14.3. The maximum absolute atomic E-state index is 14.4. The third-order valence-electron chi connectivity index (χ3n) is 9.60. The molecule has 0 aromatic carbocycles. The number of nitrogens with zero attached hydrogens (tertiary/aromatic N) is 4. The molecule has 222 valence electrons. The van der Waals surface area contributed by atoms with Gasteiger partial charge in [-0.25, -0.2) is 15.6 Å². The first kappa shape index (κ1) is 24.6. The number of alkyl halides is 3. The van der Waals surface area contributed by atoms with E-state index in [4.69, 9.17) is 13.6 Å². The molecule has 4 aliphatic rings. The summed E-state index contributed by atoms with van der Waals surface area (Å²) in [4.78, 5) is 17.3. The van der Waals surface area contributed by atoms with Crippen LogP contribution in [0.1, 0.15) is 73.3 Å². The van der Waals surface area contributed by atoms with Gasteiger partial charge in [0.05, 0.1) is 49.8 Å². The molecule has 3 aliphatic heterocycles. The Bertz CT molecular complexity index is 1380. The average molecular weight is 570 g/mol. The molecule has 0 bridgehead atoms. The van der Waals surface area contributed by atoms with Crippen LogP contribution >= 0.6 is 0 Å². The van der Waals surface area contributed by atoms with Crippen molar-refractivity contribution in [2.45, 2.75) is 76.5 Å². The van der Waals surface area contributed by atoms with Crippen LogP contribution in [0.15, 0.2) is 23.3 Å². The summed E-state index contributed by atoms with van der Waals surface area (Å²) in [5, 5.41) is 0. The minimum atomic E-state index is -4.63. The number of hydrogen-bond acceptors (Lipinski definition) is 7. The van der Waals surface area contributed by atoms with Gasteiger partial charge in [-0.1, -0.05) is 6.42 Å². The normalized spacial score (nSPS) is 32.4. The highest BCUT2D eigenvalue weighted by molar-refractivity contribution is 5.56. The van der Waals surface area contributed by atoms with Gasteiger partial charge >= 0.3 is 11.9 Å². The first-order chi connectivity index (χ1) is 20.3. The molecule has 0 spiro atoms. The van der Waals surface area contributed by atoms with Gasteiger partial charge in [0.2, 0.25) is 0 Å². The van der Waals surface area contributed by atoms with E-state index in [-0.39, 0.29) is 41.7 Å². The van der Waals surface area contributed by atoms with E-state index >= 15 is 0 Å². The van der Waals surface area contributed by atoms with E-state index in [2.05, 4.69) is 15.8 Å². The minimum Gasteiger partial charge on any atom is -0.380 e. The molecule has 6 rings (SSSR count). The number of hydrazine groups is 1. The molecule has 5 heterocycles. The summed E-state index contributed by atoms with van der Waals surface area (Å²) in [5.74, 6) is 0.136. The summed E-state index contributed by atoms with van der Waals surface area (Å²) in [5.41, 5.74) is 4.78. The molecule has 2 aromatic rings. The van der Waals surface area contributed by atoms with Crippen molar-refractivity contribution >= 4 is 5.52 Å². The summed E-state index contributed by atoms with van der Waals surface area (Å²) in [6.07, 6.45) is 1.47. The highest BCUT2D eigenvalue weighted by atomic mass is 19.4. The molecule has 2 aromatic heterocycles. The predicted octanol–water partition coefficient (Wildman–Crippen LogP) is 3.36. The van der Waals surface area contributed by atoms with Crippen LogP contribution in [0.25, 0.3) is 5.52 Å². The zero-order chi connectivity index (χ0) is 30.7. The van der Waals surface area contributed by atoms with Crippen molar-refractivity contribution in [2.24, 2.45) is 11.3 Å². The van der Waals surface area contributed by atoms with Gasteiger partial charge in [0.1, 0.15) is 0 Å². The highest BCUT2D eigenvalue weighted by Crippen LogP contribution is 2.49. The fourth-order valence-electron chi connectivity index (χ4n) is 7.19. The lowest BCUT2D eigenvalue weighted by molar-refractivity contribution is -0.167. The Balaban J connectivity index is 1.29. The molecule has 2 N–H and O–H groups in total. The second-order valence-electron chi connectivity index (χ2n) is 12.2. The standard InChI is InChI=1S/C28H41F3N6O3/c1-18-12-35(7-8-40-18)19(2)20-9-23(28(29,30)31)24-14-36(26(38)37(24)13-20)22-6-4-5-21(10-22)27(15-39-16-27)11-25-33-32-17-34(25)3/h9,13-14,18-19,21-22,25,32-33H,4-8,10-12,15-17H2,1-3H3/t18-,19-,21?,22?,25?/m1/s1/i3D3. The van der Waals surface area contributed by atoms with Crippen molar-refractivity contribution in [3.8, 4) is 0 Å². The van der Waals surface area contributed by atoms with Gasteiger partial charge in [0.15, 0.2) is 0 Å². The lowest BCUT2D eigenvalue weighted by atomic mass is 9.64. The third kappa shape index (κ3) is 5.11. The van der Waals surface area contributed by atoms with Gasteiger partial charge in [0, 0.05) is 47.1 Å². The van der Waals surface area contributed by atoms with Crippen LogP contribution in [0.3, 0.4) is 0 Å². The summed E-state index contributed by atoms with van der Waals surface area (Å²) >= 11 is 0. The van der Waals surface area contributed by atoms with Crippen LogP contribution in [0.2, 0.25) is 0 Å². The van der Waals surface area contributed by atoms with Crippen LogP contribution in [-0.2, 0) is 15.7 Å². The summed E-state index contributed by atoms with van der Waals surface area (Å²) in [6.45, 7) is 4.44. The fourth-order valence-corrected chi connectivity index (χ4v) is 7.19. The van der Waals surface area contributed by atoms with E-state index in [0.29, 0.717) is 57.7 Å². The number of nitrogens with one attached hydrogen (secondary N) is 2. The molecule has 12 heteroatoms. The SMILES string of the molecule is [2H]C([2H])([2H])N1CNNC1CC1(C2CCCC(n3cc4c(C(F)(F)F)cc([C@@H](C)N5CCO[C@H](C)C5)cn4c3=O)C2)COC1. The largest absolute Gasteiger partial charge is 0.418 e. The van der Waals surface area contributed by atoms with Crippen LogP contribution in [0.4, 0.5) is 13.2 Å². The number of ether oxygens (including phenoxy) is 2. The fraction of sp³-hybridized carbons (Fsp3) is 0.750. The van der Waals surface area contributed by atoms with Gasteiger partial charge in [-0.3, -0.25) is 18.8 Å². The van der Waals surface area contributed by atoms with Gasteiger partial charge in [0.25, 0.3) is 0 Å². The molecular formula is C28H41F3N6O3. The van der Waals surface area contributed by atoms with Gasteiger partial charge in [-0.15, -0.1) is 0 Å². The number of rotatable bonds is 6. The first-order valence-electron chi connectivity index (χ1n) is 15.8. The maximum atomic E-state index is 14.4. The summed E-state index contributed by atoms with van der Waals surface area (Å²) < 4.78 is 80.8. The predicted molar refractivity (Wildman–Crippen MR) is 144 cm³/mol. The van der Waals surface area contributed by atoms with E-state index < -0.39 is 30.6 Å². The zero-order valence-electron chi connectivity index (χ0n) is 26.0. The molecule has 40 heavy (non-hydrogen) atoms. The van der Waals surface area contributed by atoms with Crippen molar-refractivity contribution in [1.29, 1.82) is 0 Å². The monoisotopic (exact) mass is 569 g/mol. The van der Waals surface area contributed by atoms with Crippen molar-refractivity contribution in [1.82, 2.24) is 29.6 Å². The van der Waals surface area contributed by atoms with Crippen LogP contribution < -0.4 is 16.5 Å². The molecule has 9 nitrogen and oxygen atoms in total. The molecule has 5 atom stereocenters. The number of imidazole rings is 1. The van der Waals surface area contributed by atoms with Gasteiger partial charge in [-0.2, -0.15) is 13.2 Å². The Morgan fingerprint density at radius 2 is 2.10 bits per heavy atom. The number of morpholine rings is 1. The Hall–Kier alpha value is -1.96. The van der Waals surface area contributed by atoms with E-state index in [9.17, 15) is 18.0 Å². The maximum Gasteiger partial charge on any atom is 0.418 e. The molecule has 4 fully saturated rings. The Kier molecular flexibility index (Phi) is 6.59. The molecule has 3 saturated heterocycles. The summed E-state index contributed by atoms with van der Waals surface area (Å²) in [6, 6.07) is 0.602. The lowest BCUT2D eigenvalue weighted by Gasteiger charge is -2.51. The number of hydrogen-bond donors (Lipinski definition) is 2. The summed E-state index contributed by atoms with van der Waals surface area (Å²) in [7, 11) is 0. The number of pyridine rings is 1. The average Bonchev–Trinajstić information content (AvgIpc) is 3.54. The van der Waals surface area contributed by atoms with E-state index in [1.807, 2.05) is 13.8 Å². The number of aromatic nitrogens is 2. The van der Waals surface area contributed by atoms with Gasteiger partial charge in [-0.05, 0) is 64.1 Å². The molecule has 1 saturated carbocycles. The third-order valence-corrected chi connectivity index (χ3v) is 9.60. The molecular weight excluding hydrogens is 525 g/mol. The Morgan fingerprint density at radius 3 is 2.80 bits per heavy atom. The van der Waals surface area contributed by atoms with Crippen molar-refractivity contribution < 1.29 is 26.8 Å². The highest BCUT2D eigenvalue weighted by Gasteiger charge is 2.49. The van der Waals surface area contributed by atoms with Crippen LogP contribution in [0, 0.1) is 11.3 Å². The smallest absolute Gasteiger partial charge is 0.380 e. The van der Waals surface area contributed by atoms with Gasteiger partial charge < -0.3 is 9.47 Å². The lowest BCUT2D eigenvalue weighted by Crippen LogP contribution is -2.54. The second kappa shape index (κ2) is 10.7. The topological polar surface area (TPSA) is 75.4 Å². The molecule has 3 unspecified atom stereocenters. The Labute approximate surface area is 236 Å². The van der Waals surface area contributed by atoms with E-state index in [1.54, 1.807) is 6.20 Å². The van der Waals surface area contributed by atoms with Crippen molar-refractivity contribution in [3.05, 3.63) is 40.1 Å². The molecule has 1 aliphatic carbocycles. The van der Waals surface area contributed by atoms with Crippen molar-refractivity contribution in [3.63, 3.8) is 0 Å². The Morgan fingerprint density at radius 1 is 1.27 bits per heavy atom. The second-order valence-corrected chi connectivity index (χ2v) is 12.2. The minimum absolute atomic E-state index is 0.0216. The quantitative estimate of drug-likeness (QED) is 0.553. The number of fused-ring (bicyclic) bond motifs is 1. The van der Waals surface area contributed by atoms with Crippen LogP contribution in [-0.4, -0.2) is 77.6 Å². The number of halogens is 3. The molecule has 0 amide bonds.